The summed E-state index contributed by atoms with van der Waals surface area (Å²) in [5.41, 5.74) is 0.997. The number of allylic oxidation sites excluding steroid dienone is 1. The molecular formula is C45H85N5O4. The second-order valence-electron chi connectivity index (χ2n) is 16.4. The van der Waals surface area contributed by atoms with Gasteiger partial charge in [-0.2, -0.15) is 0 Å². The number of amides is 4. The van der Waals surface area contributed by atoms with Gasteiger partial charge in [-0.15, -0.1) is 6.58 Å². The van der Waals surface area contributed by atoms with E-state index in [0.717, 1.165) is 63.5 Å². The maximum absolute atomic E-state index is 14.1. The molecule has 5 atom stereocenters. The van der Waals surface area contributed by atoms with E-state index in [-0.39, 0.29) is 52.5 Å². The molecule has 0 aromatic rings. The van der Waals surface area contributed by atoms with Crippen LogP contribution in [-0.4, -0.2) is 66.3 Å². The van der Waals surface area contributed by atoms with Crippen LogP contribution in [0.2, 0.25) is 0 Å². The quantitative estimate of drug-likeness (QED) is 0.0870. The Morgan fingerprint density at radius 3 is 1.96 bits per heavy atom. The number of ketones is 1. The molecule has 1 saturated carbocycles. The van der Waals surface area contributed by atoms with Crippen LogP contribution >= 0.6 is 0 Å². The lowest BCUT2D eigenvalue weighted by Gasteiger charge is -2.43. The van der Waals surface area contributed by atoms with E-state index in [1.807, 2.05) is 39.5 Å². The van der Waals surface area contributed by atoms with Gasteiger partial charge >= 0.3 is 6.03 Å². The fourth-order valence-corrected chi connectivity index (χ4v) is 7.04. The first-order valence-electron chi connectivity index (χ1n) is 21.2. The monoisotopic (exact) mass is 760 g/mol. The van der Waals surface area contributed by atoms with E-state index in [4.69, 9.17) is 0 Å². The van der Waals surface area contributed by atoms with Gasteiger partial charge in [0.2, 0.25) is 11.8 Å². The van der Waals surface area contributed by atoms with Gasteiger partial charge in [0.25, 0.3) is 0 Å². The predicted molar refractivity (Wildman–Crippen MR) is 230 cm³/mol. The molecule has 1 aliphatic carbocycles. The third-order valence-corrected chi connectivity index (χ3v) is 10.3. The molecule has 2 fully saturated rings. The van der Waals surface area contributed by atoms with Gasteiger partial charge in [-0.3, -0.25) is 14.4 Å². The van der Waals surface area contributed by atoms with Crippen molar-refractivity contribution in [2.45, 2.75) is 185 Å². The van der Waals surface area contributed by atoms with Gasteiger partial charge in [0.1, 0.15) is 6.04 Å². The molecule has 1 aliphatic heterocycles. The van der Waals surface area contributed by atoms with Crippen molar-refractivity contribution < 1.29 is 19.2 Å². The van der Waals surface area contributed by atoms with Gasteiger partial charge in [-0.05, 0) is 62.7 Å². The fourth-order valence-electron chi connectivity index (χ4n) is 7.04. The normalized spacial score (nSPS) is 18.9. The van der Waals surface area contributed by atoms with Crippen molar-refractivity contribution in [2.24, 2.45) is 22.7 Å². The second kappa shape index (κ2) is 28.3. The Kier molecular flexibility index (Phi) is 27.8. The van der Waals surface area contributed by atoms with Crippen LogP contribution in [0.5, 0.6) is 0 Å². The van der Waals surface area contributed by atoms with Crippen LogP contribution in [0.25, 0.3) is 0 Å². The molecule has 0 spiro atoms. The van der Waals surface area contributed by atoms with Crippen molar-refractivity contribution in [3.8, 4) is 0 Å². The molecule has 2 rings (SSSR count). The average Bonchev–Trinajstić information content (AvgIpc) is 3.57. The first-order valence-corrected chi connectivity index (χ1v) is 21.2. The highest BCUT2D eigenvalue weighted by molar-refractivity contribution is 5.95. The molecule has 4 amide bonds. The van der Waals surface area contributed by atoms with Crippen LogP contribution in [0.1, 0.15) is 167 Å². The standard InChI is InChI=1S/C29H52N4O3.C11H19NO.C3H8.C2H6/c1-9-21-18-22(20(3)4)33(19-21)26(35)25(29(8)16-12-11-13-17-29)32-27(36)31-23(28(5,6)7)14-15-24(34)30-10-2;1-5-7-9(3)11(13)10(4)12-8-6-2;1-3-2;1-2/h21-23,25H,3,9-19H2,1-2,4-8H3,(H,30,34)(H2,31,32,36);6,9,12H,2,4-5,7-8H2,1,3H3;3H2,1-2H3;1-2H3/t21-,22?,23?,25?;;;/m1.../s1. The van der Waals surface area contributed by atoms with Crippen molar-refractivity contribution in [3.63, 3.8) is 0 Å². The minimum absolute atomic E-state index is 0.0120. The van der Waals surface area contributed by atoms with Crippen LogP contribution in [0.15, 0.2) is 37.1 Å². The number of urea groups is 1. The number of Topliss-reactive ketones (excluding diaryl/α,β-unsaturated/α-hetero) is 1. The van der Waals surface area contributed by atoms with Gasteiger partial charge in [-0.25, -0.2) is 4.79 Å². The maximum atomic E-state index is 14.1. The SMILES string of the molecule is C=C(C)C1C[C@@H](CC)CN1C(=O)C(NC(=O)NC(CCC(=O)NCC)C(C)(C)C)C1(C)CCCCC1.C=CCNC(=C)C(=O)C(C)CCC.CC.CCC. The third-order valence-electron chi connectivity index (χ3n) is 10.3. The van der Waals surface area contributed by atoms with Gasteiger partial charge in [-0.1, -0.05) is 139 Å². The third kappa shape index (κ3) is 19.5. The van der Waals surface area contributed by atoms with Crippen molar-refractivity contribution in [3.05, 3.63) is 37.1 Å². The van der Waals surface area contributed by atoms with Crippen LogP contribution in [0.4, 0.5) is 4.79 Å². The lowest BCUT2D eigenvalue weighted by atomic mass is 9.70. The Hall–Kier alpha value is -3.10. The van der Waals surface area contributed by atoms with Crippen LogP contribution in [-0.2, 0) is 14.4 Å². The predicted octanol–water partition coefficient (Wildman–Crippen LogP) is 9.88. The summed E-state index contributed by atoms with van der Waals surface area (Å²) in [6.45, 7) is 40.0. The minimum atomic E-state index is -0.584. The largest absolute Gasteiger partial charge is 0.379 e. The number of hydrogen-bond donors (Lipinski definition) is 4. The second-order valence-corrected chi connectivity index (χ2v) is 16.4. The van der Waals surface area contributed by atoms with Crippen molar-refractivity contribution >= 4 is 23.6 Å². The maximum Gasteiger partial charge on any atom is 0.315 e. The number of nitrogens with zero attached hydrogens (tertiary/aromatic N) is 1. The van der Waals surface area contributed by atoms with E-state index in [1.165, 1.54) is 12.8 Å². The zero-order chi connectivity index (χ0) is 42.1. The summed E-state index contributed by atoms with van der Waals surface area (Å²) in [5.74, 6) is 0.664. The molecule has 4 unspecified atom stereocenters. The highest BCUT2D eigenvalue weighted by Crippen LogP contribution is 2.41. The van der Waals surface area contributed by atoms with Gasteiger partial charge in [0.15, 0.2) is 5.78 Å². The summed E-state index contributed by atoms with van der Waals surface area (Å²) < 4.78 is 0. The molecule has 2 aliphatic rings. The topological polar surface area (TPSA) is 120 Å². The number of hydrogen-bond acceptors (Lipinski definition) is 5. The van der Waals surface area contributed by atoms with Gasteiger partial charge < -0.3 is 26.2 Å². The number of carbonyl (C=O) groups excluding carboxylic acids is 4. The summed E-state index contributed by atoms with van der Waals surface area (Å²) in [7, 11) is 0. The Morgan fingerprint density at radius 2 is 1.50 bits per heavy atom. The first kappa shape index (κ1) is 53.0. The highest BCUT2D eigenvalue weighted by atomic mass is 16.2. The van der Waals surface area contributed by atoms with E-state index in [1.54, 1.807) is 6.08 Å². The molecule has 54 heavy (non-hydrogen) atoms. The summed E-state index contributed by atoms with van der Waals surface area (Å²) in [5, 5.41) is 12.0. The smallest absolute Gasteiger partial charge is 0.315 e. The van der Waals surface area contributed by atoms with Crippen LogP contribution in [0.3, 0.4) is 0 Å². The van der Waals surface area contributed by atoms with Crippen molar-refractivity contribution in [1.82, 2.24) is 26.2 Å². The molecule has 0 aromatic carbocycles. The molecule has 4 N–H and O–H groups in total. The molecule has 0 radical (unpaired) electrons. The Labute approximate surface area is 332 Å². The molecule has 0 aromatic heterocycles. The lowest BCUT2D eigenvalue weighted by Crippen LogP contribution is -2.61. The van der Waals surface area contributed by atoms with Crippen LogP contribution < -0.4 is 21.3 Å². The molecule has 9 nitrogen and oxygen atoms in total. The van der Waals surface area contributed by atoms with Crippen molar-refractivity contribution in [1.29, 1.82) is 0 Å². The lowest BCUT2D eigenvalue weighted by molar-refractivity contribution is -0.137. The molecule has 1 saturated heterocycles. The molecule has 0 bridgehead atoms. The zero-order valence-corrected chi connectivity index (χ0v) is 37.3. The Balaban J connectivity index is 0. The summed E-state index contributed by atoms with van der Waals surface area (Å²) in [6, 6.07) is -1.08. The number of rotatable bonds is 17. The van der Waals surface area contributed by atoms with E-state index in [2.05, 4.69) is 96.4 Å². The number of nitrogens with one attached hydrogen (secondary N) is 4. The van der Waals surface area contributed by atoms with E-state index in [9.17, 15) is 19.2 Å². The molecular weight excluding hydrogens is 675 g/mol. The Morgan fingerprint density at radius 1 is 0.926 bits per heavy atom. The zero-order valence-electron chi connectivity index (χ0n) is 37.3. The number of likely N-dealkylation sites (tertiary alicyclic amines) is 1. The summed E-state index contributed by atoms with van der Waals surface area (Å²) >= 11 is 0. The minimum Gasteiger partial charge on any atom is -0.379 e. The first-order chi connectivity index (χ1) is 25.4. The van der Waals surface area contributed by atoms with E-state index >= 15 is 0 Å². The average molecular weight is 760 g/mol. The number of carbonyl (C=O) groups is 4. The fraction of sp³-hybridized carbons (Fsp3) is 0.778. The van der Waals surface area contributed by atoms with Crippen LogP contribution in [0, 0.1) is 22.7 Å². The summed E-state index contributed by atoms with van der Waals surface area (Å²) in [4.78, 5) is 53.1. The highest BCUT2D eigenvalue weighted by Gasteiger charge is 2.46. The Bertz CT molecular complexity index is 1140. The van der Waals surface area contributed by atoms with E-state index < -0.39 is 6.04 Å². The molecule has 314 valence electrons. The molecule has 1 heterocycles. The van der Waals surface area contributed by atoms with Crippen molar-refractivity contribution in [2.75, 3.05) is 19.6 Å². The summed E-state index contributed by atoms with van der Waals surface area (Å²) in [6.07, 6.45) is 12.9. The van der Waals surface area contributed by atoms with Gasteiger partial charge in [0, 0.05) is 38.0 Å². The van der Waals surface area contributed by atoms with E-state index in [0.29, 0.717) is 37.5 Å². The van der Waals surface area contributed by atoms with Gasteiger partial charge in [0.05, 0.1) is 11.7 Å². The molecule has 9 heteroatoms.